The van der Waals surface area contributed by atoms with Gasteiger partial charge in [0.15, 0.2) is 0 Å². The Morgan fingerprint density at radius 1 is 1.14 bits per heavy atom. The van der Waals surface area contributed by atoms with Crippen LogP contribution in [0, 0.1) is 13.8 Å². The zero-order valence-corrected chi connectivity index (χ0v) is 12.7. The third-order valence-electron chi connectivity index (χ3n) is 4.12. The summed E-state index contributed by atoms with van der Waals surface area (Å²) in [5, 5.41) is 5.78. The lowest BCUT2D eigenvalue weighted by Crippen LogP contribution is -2.20. The molecule has 0 spiro atoms. The molecule has 22 heavy (non-hydrogen) atoms. The van der Waals surface area contributed by atoms with Crippen molar-refractivity contribution in [1.82, 2.24) is 0 Å². The first-order chi connectivity index (χ1) is 10.5. The van der Waals surface area contributed by atoms with Crippen molar-refractivity contribution in [2.24, 2.45) is 0 Å². The smallest absolute Gasteiger partial charge is 0.255 e. The lowest BCUT2D eigenvalue weighted by Gasteiger charge is -2.17. The van der Waals surface area contributed by atoms with Crippen LogP contribution >= 0.6 is 0 Å². The highest BCUT2D eigenvalue weighted by atomic mass is 16.2. The summed E-state index contributed by atoms with van der Waals surface area (Å²) in [5.41, 5.74) is 5.46. The van der Waals surface area contributed by atoms with E-state index in [0.717, 1.165) is 28.1 Å². The van der Waals surface area contributed by atoms with Gasteiger partial charge < -0.3 is 10.6 Å². The third kappa shape index (κ3) is 2.72. The predicted octanol–water partition coefficient (Wildman–Crippen LogP) is 3.44. The third-order valence-corrected chi connectivity index (χ3v) is 4.12. The Morgan fingerprint density at radius 3 is 2.77 bits per heavy atom. The second-order valence-electron chi connectivity index (χ2n) is 5.62. The molecule has 0 saturated heterocycles. The van der Waals surface area contributed by atoms with Crippen LogP contribution in [-0.4, -0.2) is 11.8 Å². The van der Waals surface area contributed by atoms with Crippen LogP contribution in [0.1, 0.15) is 33.5 Å². The summed E-state index contributed by atoms with van der Waals surface area (Å²) < 4.78 is 0. The normalized spacial score (nSPS) is 13.3. The largest absolute Gasteiger partial charge is 0.326 e. The molecule has 4 nitrogen and oxygen atoms in total. The Hall–Kier alpha value is -2.62. The second kappa shape index (κ2) is 5.64. The van der Waals surface area contributed by atoms with Gasteiger partial charge in [-0.25, -0.2) is 0 Å². The Bertz CT molecular complexity index is 766. The number of carbonyl (C=O) groups is 2. The van der Waals surface area contributed by atoms with Gasteiger partial charge >= 0.3 is 0 Å². The van der Waals surface area contributed by atoms with Crippen molar-refractivity contribution in [3.05, 3.63) is 58.7 Å². The number of nitrogens with one attached hydrogen (secondary N) is 2. The van der Waals surface area contributed by atoms with Crippen LogP contribution in [0.2, 0.25) is 0 Å². The molecule has 0 radical (unpaired) electrons. The number of anilines is 2. The molecule has 4 heteroatoms. The standard InChI is InChI=1S/C18H18N2O2/c1-11-4-3-5-15(12(11)2)20-18(22)14-6-8-16-13(10-14)7-9-17(21)19-16/h3-6,8,10H,7,9H2,1-2H3,(H,19,21)(H,20,22). The van der Waals surface area contributed by atoms with E-state index in [-0.39, 0.29) is 11.8 Å². The Labute approximate surface area is 129 Å². The fourth-order valence-corrected chi connectivity index (χ4v) is 2.61. The molecule has 1 aliphatic rings. The number of hydrogen-bond donors (Lipinski definition) is 2. The van der Waals surface area contributed by atoms with E-state index in [1.54, 1.807) is 12.1 Å². The van der Waals surface area contributed by atoms with E-state index in [4.69, 9.17) is 0 Å². The molecule has 112 valence electrons. The molecular weight excluding hydrogens is 276 g/mol. The SMILES string of the molecule is Cc1cccc(NC(=O)c2ccc3c(c2)CCC(=O)N3)c1C. The number of amides is 2. The van der Waals surface area contributed by atoms with E-state index in [1.807, 2.05) is 38.1 Å². The van der Waals surface area contributed by atoms with Gasteiger partial charge in [-0.2, -0.15) is 0 Å². The van der Waals surface area contributed by atoms with Crippen LogP contribution in [-0.2, 0) is 11.2 Å². The molecule has 3 rings (SSSR count). The average molecular weight is 294 g/mol. The molecule has 0 atom stereocenters. The van der Waals surface area contributed by atoms with Crippen LogP contribution < -0.4 is 10.6 Å². The Kier molecular flexibility index (Phi) is 3.67. The van der Waals surface area contributed by atoms with Crippen LogP contribution in [0.25, 0.3) is 0 Å². The molecule has 0 unspecified atom stereocenters. The first-order valence-corrected chi connectivity index (χ1v) is 7.35. The van der Waals surface area contributed by atoms with E-state index in [2.05, 4.69) is 10.6 Å². The number of aryl methyl sites for hydroxylation is 2. The molecule has 2 aromatic rings. The summed E-state index contributed by atoms with van der Waals surface area (Å²) in [5.74, 6) is -0.103. The Morgan fingerprint density at radius 2 is 1.95 bits per heavy atom. The zero-order chi connectivity index (χ0) is 15.7. The number of fused-ring (bicyclic) bond motifs is 1. The molecule has 1 aliphatic heterocycles. The fourth-order valence-electron chi connectivity index (χ4n) is 2.61. The highest BCUT2D eigenvalue weighted by Crippen LogP contribution is 2.24. The molecule has 0 aliphatic carbocycles. The van der Waals surface area contributed by atoms with Gasteiger partial charge in [-0.1, -0.05) is 12.1 Å². The van der Waals surface area contributed by atoms with Crippen LogP contribution in [0.15, 0.2) is 36.4 Å². The van der Waals surface area contributed by atoms with Gasteiger partial charge in [0.05, 0.1) is 0 Å². The Balaban J connectivity index is 1.84. The number of rotatable bonds is 2. The average Bonchev–Trinajstić information content (AvgIpc) is 2.51. The highest BCUT2D eigenvalue weighted by Gasteiger charge is 2.17. The van der Waals surface area contributed by atoms with Gasteiger partial charge in [0.2, 0.25) is 5.91 Å². The maximum absolute atomic E-state index is 12.4. The predicted molar refractivity (Wildman–Crippen MR) is 87.3 cm³/mol. The maximum atomic E-state index is 12.4. The van der Waals surface area contributed by atoms with Gasteiger partial charge in [-0.05, 0) is 61.2 Å². The van der Waals surface area contributed by atoms with Gasteiger partial charge in [0.25, 0.3) is 5.91 Å². The van der Waals surface area contributed by atoms with Crippen molar-refractivity contribution in [1.29, 1.82) is 0 Å². The summed E-state index contributed by atoms with van der Waals surface area (Å²) in [6.45, 7) is 4.01. The molecule has 2 N–H and O–H groups in total. The second-order valence-corrected chi connectivity index (χ2v) is 5.62. The number of hydrogen-bond acceptors (Lipinski definition) is 2. The quantitative estimate of drug-likeness (QED) is 0.891. The molecule has 2 amide bonds. The van der Waals surface area contributed by atoms with Crippen molar-refractivity contribution in [3.63, 3.8) is 0 Å². The van der Waals surface area contributed by atoms with Gasteiger partial charge in [0, 0.05) is 23.4 Å². The minimum absolute atomic E-state index is 0.0279. The van der Waals surface area contributed by atoms with E-state index < -0.39 is 0 Å². The summed E-state index contributed by atoms with van der Waals surface area (Å²) in [6.07, 6.45) is 1.14. The van der Waals surface area contributed by atoms with Crippen molar-refractivity contribution >= 4 is 23.2 Å². The summed E-state index contributed by atoms with van der Waals surface area (Å²) in [4.78, 5) is 23.8. The van der Waals surface area contributed by atoms with E-state index in [0.29, 0.717) is 18.4 Å². The first kappa shape index (κ1) is 14.3. The lowest BCUT2D eigenvalue weighted by molar-refractivity contribution is -0.116. The maximum Gasteiger partial charge on any atom is 0.255 e. The summed E-state index contributed by atoms with van der Waals surface area (Å²) in [7, 11) is 0. The van der Waals surface area contributed by atoms with Gasteiger partial charge in [-0.15, -0.1) is 0 Å². The molecule has 0 saturated carbocycles. The minimum Gasteiger partial charge on any atom is -0.326 e. The minimum atomic E-state index is -0.131. The van der Waals surface area contributed by atoms with Crippen molar-refractivity contribution in [3.8, 4) is 0 Å². The van der Waals surface area contributed by atoms with Crippen molar-refractivity contribution in [2.75, 3.05) is 10.6 Å². The lowest BCUT2D eigenvalue weighted by atomic mass is 10.00. The van der Waals surface area contributed by atoms with E-state index in [1.165, 1.54) is 0 Å². The van der Waals surface area contributed by atoms with E-state index in [9.17, 15) is 9.59 Å². The van der Waals surface area contributed by atoms with Gasteiger partial charge in [0.1, 0.15) is 0 Å². The van der Waals surface area contributed by atoms with Crippen LogP contribution in [0.4, 0.5) is 11.4 Å². The van der Waals surface area contributed by atoms with Crippen molar-refractivity contribution in [2.45, 2.75) is 26.7 Å². The van der Waals surface area contributed by atoms with E-state index >= 15 is 0 Å². The molecule has 0 aromatic heterocycles. The van der Waals surface area contributed by atoms with Crippen LogP contribution in [0.3, 0.4) is 0 Å². The van der Waals surface area contributed by atoms with Gasteiger partial charge in [-0.3, -0.25) is 9.59 Å². The molecule has 0 bridgehead atoms. The highest BCUT2D eigenvalue weighted by molar-refractivity contribution is 6.05. The molecular formula is C18H18N2O2. The number of carbonyl (C=O) groups excluding carboxylic acids is 2. The fraction of sp³-hybridized carbons (Fsp3) is 0.222. The first-order valence-electron chi connectivity index (χ1n) is 7.35. The van der Waals surface area contributed by atoms with Crippen molar-refractivity contribution < 1.29 is 9.59 Å². The monoisotopic (exact) mass is 294 g/mol. The topological polar surface area (TPSA) is 58.2 Å². The molecule has 2 aromatic carbocycles. The zero-order valence-electron chi connectivity index (χ0n) is 12.7. The summed E-state index contributed by atoms with van der Waals surface area (Å²) >= 11 is 0. The summed E-state index contributed by atoms with van der Waals surface area (Å²) in [6, 6.07) is 11.2. The number of benzene rings is 2. The molecule has 1 heterocycles. The van der Waals surface area contributed by atoms with Crippen LogP contribution in [0.5, 0.6) is 0 Å². The molecule has 0 fully saturated rings.